The van der Waals surface area contributed by atoms with E-state index in [2.05, 4.69) is 9.97 Å². The molecule has 1 saturated heterocycles. The molecule has 0 saturated carbocycles. The Morgan fingerprint density at radius 3 is 2.95 bits per heavy atom. The quantitative estimate of drug-likeness (QED) is 0.885. The average molecular weight is 297 g/mol. The second-order valence-electron chi connectivity index (χ2n) is 5.34. The van der Waals surface area contributed by atoms with Crippen molar-refractivity contribution in [3.05, 3.63) is 59.7 Å². The highest BCUT2D eigenvalue weighted by Crippen LogP contribution is 2.20. The third-order valence-electron chi connectivity index (χ3n) is 3.62. The molecular formula is C17H19N3O2. The molecule has 3 rings (SSSR count). The minimum atomic E-state index is -0.184. The molecule has 1 fully saturated rings. The van der Waals surface area contributed by atoms with E-state index in [1.165, 1.54) is 0 Å². The summed E-state index contributed by atoms with van der Waals surface area (Å²) < 4.78 is 5.71. The number of benzene rings is 1. The molecule has 1 aliphatic heterocycles. The van der Waals surface area contributed by atoms with Gasteiger partial charge in [0, 0.05) is 24.5 Å². The predicted molar refractivity (Wildman–Crippen MR) is 84.1 cm³/mol. The Balaban J connectivity index is 1.64. The summed E-state index contributed by atoms with van der Waals surface area (Å²) in [6.45, 7) is 3.60. The van der Waals surface area contributed by atoms with Gasteiger partial charge in [-0.2, -0.15) is 0 Å². The lowest BCUT2D eigenvalue weighted by Crippen LogP contribution is -2.41. The van der Waals surface area contributed by atoms with Crippen molar-refractivity contribution in [2.45, 2.75) is 13.0 Å². The number of aryl methyl sites for hydroxylation is 1. The highest BCUT2D eigenvalue weighted by Gasteiger charge is 2.26. The monoisotopic (exact) mass is 297 g/mol. The number of hydrogen-bond donors (Lipinski definition) is 1. The van der Waals surface area contributed by atoms with Gasteiger partial charge in [-0.15, -0.1) is 0 Å². The van der Waals surface area contributed by atoms with Crippen molar-refractivity contribution in [2.24, 2.45) is 0 Å². The molecule has 2 heterocycles. The fourth-order valence-corrected chi connectivity index (χ4v) is 2.45. The Hall–Kier alpha value is -2.40. The summed E-state index contributed by atoms with van der Waals surface area (Å²) in [5.41, 5.74) is 2.01. The molecule has 22 heavy (non-hydrogen) atoms. The normalized spacial score (nSPS) is 18.8. The van der Waals surface area contributed by atoms with Gasteiger partial charge < -0.3 is 14.6 Å². The zero-order chi connectivity index (χ0) is 15.4. The first-order chi connectivity index (χ1) is 10.7. The Bertz CT molecular complexity index is 664. The molecular weight excluding hydrogens is 278 g/mol. The van der Waals surface area contributed by atoms with Crippen LogP contribution < -0.4 is 0 Å². The summed E-state index contributed by atoms with van der Waals surface area (Å²) in [7, 11) is 0. The molecule has 1 aromatic carbocycles. The van der Waals surface area contributed by atoms with Gasteiger partial charge in [-0.05, 0) is 18.6 Å². The number of ether oxygens (including phenoxy) is 1. The second-order valence-corrected chi connectivity index (χ2v) is 5.34. The summed E-state index contributed by atoms with van der Waals surface area (Å²) in [5.74, 6) is 0.780. The average Bonchev–Trinajstić information content (AvgIpc) is 3.00. The largest absolute Gasteiger partial charge is 0.367 e. The third-order valence-corrected chi connectivity index (χ3v) is 3.62. The van der Waals surface area contributed by atoms with Crippen LogP contribution in [0.15, 0.2) is 42.6 Å². The van der Waals surface area contributed by atoms with Crippen LogP contribution in [0, 0.1) is 6.92 Å². The summed E-state index contributed by atoms with van der Waals surface area (Å²) in [5, 5.41) is 0. The van der Waals surface area contributed by atoms with E-state index in [-0.39, 0.29) is 12.0 Å². The van der Waals surface area contributed by atoms with Gasteiger partial charge in [0.15, 0.2) is 0 Å². The number of H-pyrrole nitrogens is 1. The molecule has 2 aromatic rings. The first kappa shape index (κ1) is 14.5. The lowest BCUT2D eigenvalue weighted by atomic mass is 10.2. The van der Waals surface area contributed by atoms with E-state index in [1.54, 1.807) is 17.2 Å². The first-order valence-corrected chi connectivity index (χ1v) is 7.37. The van der Waals surface area contributed by atoms with Gasteiger partial charge in [0.2, 0.25) is 5.91 Å². The number of aromatic nitrogens is 2. The minimum Gasteiger partial charge on any atom is -0.367 e. The SMILES string of the molecule is Cc1cnc([C@H]2CN(C(=O)/C=C/c3ccccc3)CCO2)[nH]1. The van der Waals surface area contributed by atoms with Crippen molar-refractivity contribution in [3.8, 4) is 0 Å². The highest BCUT2D eigenvalue weighted by molar-refractivity contribution is 5.91. The van der Waals surface area contributed by atoms with Crippen LogP contribution in [-0.4, -0.2) is 40.5 Å². The van der Waals surface area contributed by atoms with Crippen molar-refractivity contribution >= 4 is 12.0 Å². The van der Waals surface area contributed by atoms with E-state index in [0.29, 0.717) is 19.7 Å². The molecule has 0 aliphatic carbocycles. The Kier molecular flexibility index (Phi) is 4.34. The second kappa shape index (κ2) is 6.58. The van der Waals surface area contributed by atoms with Gasteiger partial charge in [-0.25, -0.2) is 4.98 Å². The number of hydrogen-bond acceptors (Lipinski definition) is 3. The molecule has 1 aliphatic rings. The van der Waals surface area contributed by atoms with E-state index < -0.39 is 0 Å². The van der Waals surface area contributed by atoms with Crippen LogP contribution >= 0.6 is 0 Å². The Morgan fingerprint density at radius 1 is 1.41 bits per heavy atom. The van der Waals surface area contributed by atoms with Crippen molar-refractivity contribution in [1.29, 1.82) is 0 Å². The number of morpholine rings is 1. The Labute approximate surface area is 129 Å². The van der Waals surface area contributed by atoms with Crippen molar-refractivity contribution in [2.75, 3.05) is 19.7 Å². The molecule has 0 unspecified atom stereocenters. The van der Waals surface area contributed by atoms with Gasteiger partial charge in [0.25, 0.3) is 0 Å². The fraction of sp³-hybridized carbons (Fsp3) is 0.294. The maximum Gasteiger partial charge on any atom is 0.246 e. The highest BCUT2D eigenvalue weighted by atomic mass is 16.5. The topological polar surface area (TPSA) is 58.2 Å². The molecule has 0 spiro atoms. The summed E-state index contributed by atoms with van der Waals surface area (Å²) in [4.78, 5) is 21.6. The van der Waals surface area contributed by atoms with Gasteiger partial charge >= 0.3 is 0 Å². The number of carbonyl (C=O) groups excluding carboxylic acids is 1. The number of imidazole rings is 1. The van der Waals surface area contributed by atoms with Gasteiger partial charge in [0.05, 0.1) is 13.2 Å². The summed E-state index contributed by atoms with van der Waals surface area (Å²) in [6, 6.07) is 9.80. The van der Waals surface area contributed by atoms with Crippen molar-refractivity contribution < 1.29 is 9.53 Å². The summed E-state index contributed by atoms with van der Waals surface area (Å²) >= 11 is 0. The zero-order valence-electron chi connectivity index (χ0n) is 12.5. The zero-order valence-corrected chi connectivity index (χ0v) is 12.5. The molecule has 0 bridgehead atoms. The van der Waals surface area contributed by atoms with Crippen LogP contribution in [0.1, 0.15) is 23.2 Å². The number of aromatic amines is 1. The van der Waals surface area contributed by atoms with E-state index in [4.69, 9.17) is 4.74 Å². The lowest BCUT2D eigenvalue weighted by Gasteiger charge is -2.31. The van der Waals surface area contributed by atoms with Crippen LogP contribution in [0.3, 0.4) is 0 Å². The van der Waals surface area contributed by atoms with Gasteiger partial charge in [0.1, 0.15) is 11.9 Å². The maximum atomic E-state index is 12.3. The molecule has 1 N–H and O–H groups in total. The van der Waals surface area contributed by atoms with E-state index >= 15 is 0 Å². The molecule has 1 amide bonds. The molecule has 1 atom stereocenters. The van der Waals surface area contributed by atoms with Crippen LogP contribution in [-0.2, 0) is 9.53 Å². The first-order valence-electron chi connectivity index (χ1n) is 7.37. The molecule has 0 radical (unpaired) electrons. The van der Waals surface area contributed by atoms with E-state index in [1.807, 2.05) is 43.3 Å². The van der Waals surface area contributed by atoms with Crippen LogP contribution in [0.25, 0.3) is 6.08 Å². The number of nitrogens with one attached hydrogen (secondary N) is 1. The van der Waals surface area contributed by atoms with Crippen molar-refractivity contribution in [3.63, 3.8) is 0 Å². The van der Waals surface area contributed by atoms with Crippen LogP contribution in [0.5, 0.6) is 0 Å². The third kappa shape index (κ3) is 3.43. The van der Waals surface area contributed by atoms with Crippen LogP contribution in [0.4, 0.5) is 0 Å². The Morgan fingerprint density at radius 2 is 2.23 bits per heavy atom. The minimum absolute atomic E-state index is 0.000399. The molecule has 114 valence electrons. The van der Waals surface area contributed by atoms with Crippen LogP contribution in [0.2, 0.25) is 0 Å². The number of nitrogens with zero attached hydrogens (tertiary/aromatic N) is 2. The molecule has 5 heteroatoms. The van der Waals surface area contributed by atoms with E-state index in [9.17, 15) is 4.79 Å². The number of amides is 1. The van der Waals surface area contributed by atoms with Gasteiger partial charge in [-0.1, -0.05) is 30.3 Å². The number of carbonyl (C=O) groups is 1. The number of rotatable bonds is 3. The van der Waals surface area contributed by atoms with E-state index in [0.717, 1.165) is 17.1 Å². The fourth-order valence-electron chi connectivity index (χ4n) is 2.45. The smallest absolute Gasteiger partial charge is 0.246 e. The summed E-state index contributed by atoms with van der Waals surface area (Å²) in [6.07, 6.45) is 5.04. The maximum absolute atomic E-state index is 12.3. The predicted octanol–water partition coefficient (Wildman–Crippen LogP) is 2.33. The standard InChI is InChI=1S/C17H19N3O2/c1-13-11-18-17(19-13)15-12-20(9-10-22-15)16(21)8-7-14-5-3-2-4-6-14/h2-8,11,15H,9-10,12H2,1H3,(H,18,19)/b8-7+/t15-/m1/s1. The van der Waals surface area contributed by atoms with Gasteiger partial charge in [-0.3, -0.25) is 4.79 Å². The molecule has 1 aromatic heterocycles. The molecule has 5 nitrogen and oxygen atoms in total. The van der Waals surface area contributed by atoms with Crippen molar-refractivity contribution in [1.82, 2.24) is 14.9 Å². The lowest BCUT2D eigenvalue weighted by molar-refractivity contribution is -0.133.